The number of ether oxygens (including phenoxy) is 1. The van der Waals surface area contributed by atoms with Gasteiger partial charge in [-0.2, -0.15) is 0 Å². The SMILES string of the molecule is COc1ccc(N(C)c2ccnc(N)c2)cc1. The van der Waals surface area contributed by atoms with Crippen LogP contribution in [0.25, 0.3) is 0 Å². The predicted octanol–water partition coefficient (Wildman–Crippen LogP) is 2.44. The largest absolute Gasteiger partial charge is 0.497 e. The molecule has 0 aliphatic rings. The Morgan fingerprint density at radius 2 is 1.82 bits per heavy atom. The van der Waals surface area contributed by atoms with Crippen molar-refractivity contribution in [2.45, 2.75) is 0 Å². The fourth-order valence-electron chi connectivity index (χ4n) is 1.60. The number of hydrogen-bond donors (Lipinski definition) is 1. The van der Waals surface area contributed by atoms with Crippen molar-refractivity contribution in [2.75, 3.05) is 24.8 Å². The van der Waals surface area contributed by atoms with Crippen molar-refractivity contribution < 1.29 is 4.74 Å². The third-order valence-electron chi connectivity index (χ3n) is 2.61. The molecule has 0 aliphatic heterocycles. The molecule has 1 heterocycles. The molecule has 0 atom stereocenters. The van der Waals surface area contributed by atoms with Crippen molar-refractivity contribution in [3.63, 3.8) is 0 Å². The van der Waals surface area contributed by atoms with E-state index in [0.29, 0.717) is 5.82 Å². The van der Waals surface area contributed by atoms with Gasteiger partial charge in [-0.1, -0.05) is 0 Å². The Bertz CT molecular complexity index is 496. The van der Waals surface area contributed by atoms with Gasteiger partial charge in [-0.15, -0.1) is 0 Å². The van der Waals surface area contributed by atoms with Crippen molar-refractivity contribution in [3.05, 3.63) is 42.6 Å². The molecule has 4 heteroatoms. The van der Waals surface area contributed by atoms with E-state index in [2.05, 4.69) is 4.98 Å². The minimum absolute atomic E-state index is 0.517. The topological polar surface area (TPSA) is 51.4 Å². The molecule has 0 saturated heterocycles. The zero-order valence-corrected chi connectivity index (χ0v) is 9.92. The molecule has 2 rings (SSSR count). The van der Waals surface area contributed by atoms with E-state index in [1.807, 2.05) is 48.3 Å². The summed E-state index contributed by atoms with van der Waals surface area (Å²) < 4.78 is 5.13. The van der Waals surface area contributed by atoms with Crippen LogP contribution in [0.2, 0.25) is 0 Å². The van der Waals surface area contributed by atoms with Gasteiger partial charge in [0.05, 0.1) is 7.11 Å². The first-order valence-corrected chi connectivity index (χ1v) is 5.30. The number of nitrogens with zero attached hydrogens (tertiary/aromatic N) is 2. The van der Waals surface area contributed by atoms with Crippen LogP contribution in [-0.2, 0) is 0 Å². The maximum Gasteiger partial charge on any atom is 0.125 e. The zero-order valence-electron chi connectivity index (χ0n) is 9.92. The monoisotopic (exact) mass is 229 g/mol. The molecule has 17 heavy (non-hydrogen) atoms. The fraction of sp³-hybridized carbons (Fsp3) is 0.154. The van der Waals surface area contributed by atoms with Gasteiger partial charge in [-0.05, 0) is 30.3 Å². The van der Waals surface area contributed by atoms with Crippen molar-refractivity contribution in [3.8, 4) is 5.75 Å². The summed E-state index contributed by atoms with van der Waals surface area (Å²) in [7, 11) is 3.64. The first-order valence-electron chi connectivity index (χ1n) is 5.30. The molecule has 1 aromatic heterocycles. The minimum atomic E-state index is 0.517. The lowest BCUT2D eigenvalue weighted by atomic mass is 10.2. The summed E-state index contributed by atoms with van der Waals surface area (Å²) in [5.41, 5.74) is 7.73. The van der Waals surface area contributed by atoms with Crippen LogP contribution in [0.4, 0.5) is 17.2 Å². The van der Waals surface area contributed by atoms with Gasteiger partial charge in [-0.3, -0.25) is 0 Å². The molecule has 0 saturated carbocycles. The Morgan fingerprint density at radius 1 is 1.12 bits per heavy atom. The molecular weight excluding hydrogens is 214 g/mol. The Hall–Kier alpha value is -2.23. The number of rotatable bonds is 3. The van der Waals surface area contributed by atoms with Crippen molar-refractivity contribution in [1.82, 2.24) is 4.98 Å². The highest BCUT2D eigenvalue weighted by Gasteiger charge is 2.04. The molecular formula is C13H15N3O. The standard InChI is InChI=1S/C13H15N3O/c1-16(11-7-8-15-13(14)9-11)10-3-5-12(17-2)6-4-10/h3-9H,1-2H3,(H2,14,15). The molecule has 0 spiro atoms. The van der Waals surface area contributed by atoms with E-state index >= 15 is 0 Å². The molecule has 0 bridgehead atoms. The van der Waals surface area contributed by atoms with Crippen molar-refractivity contribution in [2.24, 2.45) is 0 Å². The predicted molar refractivity (Wildman–Crippen MR) is 69.7 cm³/mol. The van der Waals surface area contributed by atoms with E-state index in [0.717, 1.165) is 17.1 Å². The summed E-state index contributed by atoms with van der Waals surface area (Å²) in [6.45, 7) is 0. The number of benzene rings is 1. The second-order valence-corrected chi connectivity index (χ2v) is 3.70. The lowest BCUT2D eigenvalue weighted by Crippen LogP contribution is -2.09. The Balaban J connectivity index is 2.27. The van der Waals surface area contributed by atoms with Gasteiger partial charge in [0.1, 0.15) is 11.6 Å². The number of nitrogens with two attached hydrogens (primary N) is 1. The number of aromatic nitrogens is 1. The summed E-state index contributed by atoms with van der Waals surface area (Å²) in [4.78, 5) is 6.01. The van der Waals surface area contributed by atoms with Gasteiger partial charge in [-0.25, -0.2) is 4.98 Å². The van der Waals surface area contributed by atoms with Gasteiger partial charge < -0.3 is 15.4 Å². The van der Waals surface area contributed by atoms with E-state index in [-0.39, 0.29) is 0 Å². The van der Waals surface area contributed by atoms with E-state index in [4.69, 9.17) is 10.5 Å². The van der Waals surface area contributed by atoms with Gasteiger partial charge in [0.15, 0.2) is 0 Å². The highest BCUT2D eigenvalue weighted by atomic mass is 16.5. The Labute approximate surface area is 101 Å². The molecule has 2 aromatic rings. The third kappa shape index (κ3) is 2.47. The van der Waals surface area contributed by atoms with Crippen LogP contribution in [0.15, 0.2) is 42.6 Å². The first kappa shape index (κ1) is 11.3. The van der Waals surface area contributed by atoms with Crippen LogP contribution in [0.1, 0.15) is 0 Å². The summed E-state index contributed by atoms with van der Waals surface area (Å²) in [6.07, 6.45) is 1.70. The lowest BCUT2D eigenvalue weighted by molar-refractivity contribution is 0.415. The molecule has 4 nitrogen and oxygen atoms in total. The molecule has 0 aliphatic carbocycles. The van der Waals surface area contributed by atoms with Crippen LogP contribution in [0.5, 0.6) is 5.75 Å². The van der Waals surface area contributed by atoms with Crippen LogP contribution >= 0.6 is 0 Å². The van der Waals surface area contributed by atoms with Crippen molar-refractivity contribution in [1.29, 1.82) is 0 Å². The van der Waals surface area contributed by atoms with Gasteiger partial charge in [0.25, 0.3) is 0 Å². The van der Waals surface area contributed by atoms with E-state index in [1.165, 1.54) is 0 Å². The third-order valence-corrected chi connectivity index (χ3v) is 2.61. The highest BCUT2D eigenvalue weighted by Crippen LogP contribution is 2.25. The molecule has 0 unspecified atom stereocenters. The summed E-state index contributed by atoms with van der Waals surface area (Å²) in [6, 6.07) is 11.6. The smallest absolute Gasteiger partial charge is 0.125 e. The quantitative estimate of drug-likeness (QED) is 0.878. The normalized spacial score (nSPS) is 10.0. The number of nitrogen functional groups attached to an aromatic ring is 1. The number of hydrogen-bond acceptors (Lipinski definition) is 4. The molecule has 0 radical (unpaired) electrons. The maximum atomic E-state index is 5.66. The average Bonchev–Trinajstić information content (AvgIpc) is 2.38. The summed E-state index contributed by atoms with van der Waals surface area (Å²) in [5.74, 6) is 1.36. The number of methoxy groups -OCH3 is 1. The highest BCUT2D eigenvalue weighted by molar-refractivity contribution is 5.64. The number of anilines is 3. The molecule has 2 N–H and O–H groups in total. The maximum absolute atomic E-state index is 5.66. The number of pyridine rings is 1. The van der Waals surface area contributed by atoms with Gasteiger partial charge in [0, 0.05) is 30.7 Å². The van der Waals surface area contributed by atoms with E-state index < -0.39 is 0 Å². The zero-order chi connectivity index (χ0) is 12.3. The lowest BCUT2D eigenvalue weighted by Gasteiger charge is -2.19. The van der Waals surface area contributed by atoms with Crippen LogP contribution in [-0.4, -0.2) is 19.1 Å². The van der Waals surface area contributed by atoms with Crippen molar-refractivity contribution >= 4 is 17.2 Å². The fourth-order valence-corrected chi connectivity index (χ4v) is 1.60. The Kier molecular flexibility index (Phi) is 3.14. The van der Waals surface area contributed by atoms with E-state index in [1.54, 1.807) is 13.3 Å². The summed E-state index contributed by atoms with van der Waals surface area (Å²) >= 11 is 0. The second-order valence-electron chi connectivity index (χ2n) is 3.70. The Morgan fingerprint density at radius 3 is 2.41 bits per heavy atom. The molecule has 0 fully saturated rings. The molecule has 1 aromatic carbocycles. The average molecular weight is 229 g/mol. The molecule has 88 valence electrons. The second kappa shape index (κ2) is 4.74. The molecule has 0 amide bonds. The summed E-state index contributed by atoms with van der Waals surface area (Å²) in [5, 5.41) is 0. The first-order chi connectivity index (χ1) is 8.20. The minimum Gasteiger partial charge on any atom is -0.497 e. The van der Waals surface area contributed by atoms with Crippen LogP contribution in [0, 0.1) is 0 Å². The van der Waals surface area contributed by atoms with Gasteiger partial charge in [0.2, 0.25) is 0 Å². The van der Waals surface area contributed by atoms with Gasteiger partial charge >= 0.3 is 0 Å². The van der Waals surface area contributed by atoms with Crippen LogP contribution < -0.4 is 15.4 Å². The van der Waals surface area contributed by atoms with Crippen LogP contribution in [0.3, 0.4) is 0 Å². The van der Waals surface area contributed by atoms with E-state index in [9.17, 15) is 0 Å².